The average Bonchev–Trinajstić information content (AvgIpc) is 2.80. The van der Waals surface area contributed by atoms with Crippen molar-refractivity contribution >= 4 is 39.3 Å². The van der Waals surface area contributed by atoms with Crippen LogP contribution < -0.4 is 9.64 Å². The fourth-order valence-electron chi connectivity index (χ4n) is 3.94. The zero-order valence-electron chi connectivity index (χ0n) is 18.1. The minimum absolute atomic E-state index is 0.0271. The van der Waals surface area contributed by atoms with Gasteiger partial charge >= 0.3 is 0 Å². The predicted octanol–water partition coefficient (Wildman–Crippen LogP) is 4.77. The van der Waals surface area contributed by atoms with Gasteiger partial charge in [-0.25, -0.2) is 19.3 Å². The lowest BCUT2D eigenvalue weighted by molar-refractivity contribution is 0.0512. The van der Waals surface area contributed by atoms with Crippen LogP contribution in [-0.2, 0) is 4.74 Å². The van der Waals surface area contributed by atoms with Gasteiger partial charge in [0, 0.05) is 37.3 Å². The van der Waals surface area contributed by atoms with Crippen molar-refractivity contribution in [1.29, 1.82) is 5.26 Å². The second-order valence-electron chi connectivity index (χ2n) is 7.62. The topological polar surface area (TPSA) is 84.2 Å². The summed E-state index contributed by atoms with van der Waals surface area (Å²) in [5.41, 5.74) is 1.90. The molecule has 7 nitrogen and oxygen atoms in total. The Kier molecular flexibility index (Phi) is 5.70. The van der Waals surface area contributed by atoms with Crippen LogP contribution in [0.2, 0.25) is 0 Å². The van der Waals surface area contributed by atoms with Gasteiger partial charge in [0.2, 0.25) is 0 Å². The van der Waals surface area contributed by atoms with Gasteiger partial charge in [-0.05, 0) is 42.3 Å². The summed E-state index contributed by atoms with van der Waals surface area (Å²) in [7, 11) is 1.54. The second-order valence-corrected chi connectivity index (χ2v) is 8.39. The maximum atomic E-state index is 14.6. The normalized spacial score (nSPS) is 13.2. The van der Waals surface area contributed by atoms with E-state index in [1.165, 1.54) is 17.8 Å². The number of hydrogen-bond acceptors (Lipinski definition) is 8. The lowest BCUT2D eigenvalue weighted by Gasteiger charge is -2.33. The van der Waals surface area contributed by atoms with E-state index in [0.29, 0.717) is 32.9 Å². The SMILES string of the molecule is COCOc1cc(-c2cc3nc(SC)ncc3c(N3CCC3)n2)c2c(C#N)c(F)ccc2c1. The third kappa shape index (κ3) is 3.81. The van der Waals surface area contributed by atoms with Gasteiger partial charge in [0.25, 0.3) is 0 Å². The first-order valence-corrected chi connectivity index (χ1v) is 11.6. The molecule has 0 N–H and O–H groups in total. The number of ether oxygens (including phenoxy) is 2. The fraction of sp³-hybridized carbons (Fsp3) is 0.250. The highest BCUT2D eigenvalue weighted by Crippen LogP contribution is 2.38. The zero-order chi connectivity index (χ0) is 22.9. The van der Waals surface area contributed by atoms with Crippen LogP contribution in [0.3, 0.4) is 0 Å². The van der Waals surface area contributed by atoms with Crippen LogP contribution in [0, 0.1) is 17.1 Å². The molecule has 0 aliphatic carbocycles. The Balaban J connectivity index is 1.82. The van der Waals surface area contributed by atoms with Gasteiger partial charge in [0.15, 0.2) is 11.9 Å². The smallest absolute Gasteiger partial charge is 0.188 e. The van der Waals surface area contributed by atoms with E-state index >= 15 is 0 Å². The number of nitriles is 1. The molecule has 1 aliphatic rings. The molecule has 0 atom stereocenters. The molecule has 3 heterocycles. The molecule has 0 spiro atoms. The van der Waals surface area contributed by atoms with E-state index in [1.807, 2.05) is 18.4 Å². The summed E-state index contributed by atoms with van der Waals surface area (Å²) < 4.78 is 25.4. The first-order chi connectivity index (χ1) is 16.1. The molecule has 166 valence electrons. The van der Waals surface area contributed by atoms with Crippen molar-refractivity contribution in [3.8, 4) is 23.1 Å². The van der Waals surface area contributed by atoms with Crippen LogP contribution in [0.15, 0.2) is 41.7 Å². The van der Waals surface area contributed by atoms with Crippen LogP contribution in [-0.4, -0.2) is 48.2 Å². The van der Waals surface area contributed by atoms with E-state index in [4.69, 9.17) is 14.5 Å². The molecule has 0 bridgehead atoms. The highest BCUT2D eigenvalue weighted by Gasteiger charge is 2.23. The van der Waals surface area contributed by atoms with Gasteiger partial charge in [-0.2, -0.15) is 5.26 Å². The predicted molar refractivity (Wildman–Crippen MR) is 126 cm³/mol. The third-order valence-electron chi connectivity index (χ3n) is 5.65. The molecule has 1 saturated heterocycles. The Morgan fingerprint density at radius 3 is 2.76 bits per heavy atom. The molecule has 4 aromatic rings. The number of pyridine rings is 1. The van der Waals surface area contributed by atoms with E-state index in [1.54, 1.807) is 31.5 Å². The number of anilines is 1. The molecule has 0 amide bonds. The van der Waals surface area contributed by atoms with Gasteiger partial charge in [0.1, 0.15) is 23.5 Å². The Morgan fingerprint density at radius 2 is 2.06 bits per heavy atom. The molecule has 5 rings (SSSR count). The molecule has 0 radical (unpaired) electrons. The second kappa shape index (κ2) is 8.81. The Morgan fingerprint density at radius 1 is 1.21 bits per heavy atom. The Hall–Kier alpha value is -3.48. The standard InChI is InChI=1S/C24H20FN5O2S/c1-31-13-32-15-8-14-4-5-19(25)17(11-26)22(14)16(9-15)20-10-21-18(12-27-24(29-21)33-2)23(28-20)30-6-3-7-30/h4-5,8-10,12H,3,6-7,13H2,1-2H3. The van der Waals surface area contributed by atoms with Crippen molar-refractivity contribution in [2.45, 2.75) is 11.6 Å². The summed E-state index contributed by atoms with van der Waals surface area (Å²) in [6, 6.07) is 10.4. The quantitative estimate of drug-likeness (QED) is 0.231. The van der Waals surface area contributed by atoms with E-state index < -0.39 is 5.82 Å². The molecular formula is C24H20FN5O2S. The molecule has 1 aliphatic heterocycles. The van der Waals surface area contributed by atoms with Crippen molar-refractivity contribution in [3.05, 3.63) is 47.9 Å². The number of methoxy groups -OCH3 is 1. The summed E-state index contributed by atoms with van der Waals surface area (Å²) >= 11 is 1.46. The minimum atomic E-state index is -0.576. The van der Waals surface area contributed by atoms with Crippen molar-refractivity contribution in [2.24, 2.45) is 0 Å². The van der Waals surface area contributed by atoms with Gasteiger partial charge in [0.05, 0.1) is 22.2 Å². The third-order valence-corrected chi connectivity index (χ3v) is 6.21. The number of thioether (sulfide) groups is 1. The van der Waals surface area contributed by atoms with Crippen molar-refractivity contribution < 1.29 is 13.9 Å². The van der Waals surface area contributed by atoms with Gasteiger partial charge in [-0.15, -0.1) is 0 Å². The molecule has 9 heteroatoms. The number of aromatic nitrogens is 3. The molecule has 0 unspecified atom stereocenters. The van der Waals surface area contributed by atoms with Crippen molar-refractivity contribution in [1.82, 2.24) is 15.0 Å². The van der Waals surface area contributed by atoms with E-state index in [-0.39, 0.29) is 12.4 Å². The summed E-state index contributed by atoms with van der Waals surface area (Å²) in [6.45, 7) is 1.85. The first kappa shape index (κ1) is 21.4. The van der Waals surface area contributed by atoms with E-state index in [2.05, 4.69) is 14.9 Å². The summed E-state index contributed by atoms with van der Waals surface area (Å²) in [5.74, 6) is 0.745. The minimum Gasteiger partial charge on any atom is -0.468 e. The van der Waals surface area contributed by atoms with Crippen LogP contribution in [0.1, 0.15) is 12.0 Å². The van der Waals surface area contributed by atoms with E-state index in [0.717, 1.165) is 36.2 Å². The van der Waals surface area contributed by atoms with Gasteiger partial charge in [-0.1, -0.05) is 17.8 Å². The number of nitrogens with zero attached hydrogens (tertiary/aromatic N) is 5. The van der Waals surface area contributed by atoms with Gasteiger partial charge in [-0.3, -0.25) is 0 Å². The van der Waals surface area contributed by atoms with Crippen LogP contribution in [0.25, 0.3) is 32.9 Å². The molecule has 33 heavy (non-hydrogen) atoms. The Bertz CT molecular complexity index is 1420. The summed E-state index contributed by atoms with van der Waals surface area (Å²) in [6.07, 6.45) is 4.81. The summed E-state index contributed by atoms with van der Waals surface area (Å²) in [5, 5.41) is 12.4. The molecule has 1 fully saturated rings. The first-order valence-electron chi connectivity index (χ1n) is 10.4. The zero-order valence-corrected chi connectivity index (χ0v) is 18.9. The highest BCUT2D eigenvalue weighted by atomic mass is 32.2. The van der Waals surface area contributed by atoms with E-state index in [9.17, 15) is 9.65 Å². The summed E-state index contributed by atoms with van der Waals surface area (Å²) in [4.78, 5) is 16.2. The van der Waals surface area contributed by atoms with Crippen LogP contribution in [0.5, 0.6) is 5.75 Å². The van der Waals surface area contributed by atoms with Crippen LogP contribution in [0.4, 0.5) is 10.2 Å². The number of fused-ring (bicyclic) bond motifs is 2. The lowest BCUT2D eigenvalue weighted by Crippen LogP contribution is -2.37. The number of rotatable bonds is 6. The fourth-order valence-corrected chi connectivity index (χ4v) is 4.28. The number of halogens is 1. The number of hydrogen-bond donors (Lipinski definition) is 0. The number of benzene rings is 2. The molecule has 0 saturated carbocycles. The molecular weight excluding hydrogens is 441 g/mol. The average molecular weight is 462 g/mol. The van der Waals surface area contributed by atoms with Crippen molar-refractivity contribution in [3.63, 3.8) is 0 Å². The molecule has 2 aromatic carbocycles. The lowest BCUT2D eigenvalue weighted by atomic mass is 9.96. The Labute approximate surface area is 194 Å². The van der Waals surface area contributed by atoms with Crippen molar-refractivity contribution in [2.75, 3.05) is 38.1 Å². The monoisotopic (exact) mass is 461 g/mol. The maximum Gasteiger partial charge on any atom is 0.188 e. The van der Waals surface area contributed by atoms with Crippen LogP contribution >= 0.6 is 11.8 Å². The highest BCUT2D eigenvalue weighted by molar-refractivity contribution is 7.98. The molecule has 2 aromatic heterocycles. The largest absolute Gasteiger partial charge is 0.468 e. The maximum absolute atomic E-state index is 14.6. The van der Waals surface area contributed by atoms with Gasteiger partial charge < -0.3 is 14.4 Å².